The third kappa shape index (κ3) is 4.70. The highest BCUT2D eigenvalue weighted by Crippen LogP contribution is 2.32. The zero-order valence-electron chi connectivity index (χ0n) is 7.21. The molecule has 0 radical (unpaired) electrons. The van der Waals surface area contributed by atoms with Crippen LogP contribution in [0.1, 0.15) is 0 Å². The predicted molar refractivity (Wildman–Crippen MR) is 50.8 cm³/mol. The molecule has 0 fully saturated rings. The molecular weight excluding hydrogens is 265 g/mol. The number of nitriles is 3. The molecule has 0 unspecified atom stereocenters. The van der Waals surface area contributed by atoms with Crippen LogP contribution in [0.5, 0.6) is 0 Å². The van der Waals surface area contributed by atoms with Crippen molar-refractivity contribution in [3.05, 3.63) is 11.1 Å². The minimum absolute atomic E-state index is 0.691. The van der Waals surface area contributed by atoms with E-state index in [4.69, 9.17) is 27.4 Å². The lowest BCUT2D eigenvalue weighted by Crippen LogP contribution is -2.00. The van der Waals surface area contributed by atoms with Crippen LogP contribution in [0.3, 0.4) is 0 Å². The summed E-state index contributed by atoms with van der Waals surface area (Å²) in [4.78, 5) is 0. The van der Waals surface area contributed by atoms with Crippen molar-refractivity contribution in [2.75, 3.05) is 0 Å². The van der Waals surface area contributed by atoms with Crippen LogP contribution in [0.2, 0.25) is 0 Å². The summed E-state index contributed by atoms with van der Waals surface area (Å²) in [6.07, 6.45) is 0. The molecule has 0 rings (SSSR count). The number of allylic oxidation sites excluding steroid dienone is 2. The van der Waals surface area contributed by atoms with Crippen molar-refractivity contribution >= 4 is 28.7 Å². The lowest BCUT2D eigenvalue weighted by atomic mass is 10.2. The molecule has 16 heavy (non-hydrogen) atoms. The number of hydrogen-bond acceptors (Lipinski definition) is 5. The van der Waals surface area contributed by atoms with Crippen LogP contribution in [0.25, 0.3) is 0 Å². The Kier molecular flexibility index (Phi) is 5.38. The molecule has 0 aromatic heterocycles. The summed E-state index contributed by atoms with van der Waals surface area (Å²) >= 11 is 4.43. The van der Waals surface area contributed by atoms with Gasteiger partial charge in [-0.3, -0.25) is 0 Å². The predicted octanol–water partition coefficient (Wildman–Crippen LogP) is 2.66. The van der Waals surface area contributed by atoms with Gasteiger partial charge in [0.2, 0.25) is 0 Å². The van der Waals surface area contributed by atoms with Gasteiger partial charge in [0, 0.05) is 0 Å². The van der Waals surface area contributed by atoms with Gasteiger partial charge in [-0.15, -0.1) is 0 Å². The highest BCUT2D eigenvalue weighted by atomic mass is 35.5. The number of halogens is 4. The molecule has 0 amide bonds. The van der Waals surface area contributed by atoms with Gasteiger partial charge < -0.3 is 0 Å². The Bertz CT molecular complexity index is 444. The first-order valence-electron chi connectivity index (χ1n) is 3.29. The van der Waals surface area contributed by atoms with E-state index in [1.165, 1.54) is 18.2 Å². The maximum absolute atomic E-state index is 11.7. The van der Waals surface area contributed by atoms with Gasteiger partial charge >= 0.3 is 5.51 Å². The Balaban J connectivity index is 5.21. The highest BCUT2D eigenvalue weighted by molar-refractivity contribution is 7.99. The van der Waals surface area contributed by atoms with Crippen molar-refractivity contribution < 1.29 is 13.2 Å². The number of nitrogens with zero attached hydrogens (tertiary/aromatic N) is 4. The molecule has 0 aromatic rings. The summed E-state index contributed by atoms with van der Waals surface area (Å²) in [5.74, 6) is 0. The van der Waals surface area contributed by atoms with Gasteiger partial charge in [0.1, 0.15) is 23.8 Å². The van der Waals surface area contributed by atoms with Gasteiger partial charge in [-0.05, 0) is 0 Å². The number of rotatable bonds is 2. The average molecular weight is 265 g/mol. The largest absolute Gasteiger partial charge is 0.463 e. The van der Waals surface area contributed by atoms with E-state index in [1.54, 1.807) is 0 Å². The van der Waals surface area contributed by atoms with Crippen molar-refractivity contribution in [1.82, 2.24) is 0 Å². The Morgan fingerprint density at radius 1 is 1.12 bits per heavy atom. The summed E-state index contributed by atoms with van der Waals surface area (Å²) < 4.78 is 37.9. The van der Waals surface area contributed by atoms with Gasteiger partial charge in [0.15, 0.2) is 10.7 Å². The fourth-order valence-corrected chi connectivity index (χ4v) is 0.995. The van der Waals surface area contributed by atoms with Crippen molar-refractivity contribution in [2.24, 2.45) is 4.40 Å². The molecule has 0 aliphatic carbocycles. The van der Waals surface area contributed by atoms with E-state index in [-0.39, 0.29) is 0 Å². The fourth-order valence-electron chi connectivity index (χ4n) is 0.479. The van der Waals surface area contributed by atoms with E-state index < -0.39 is 33.8 Å². The van der Waals surface area contributed by atoms with Gasteiger partial charge in [0.25, 0.3) is 0 Å². The van der Waals surface area contributed by atoms with Gasteiger partial charge in [-0.2, -0.15) is 33.4 Å². The van der Waals surface area contributed by atoms with Crippen LogP contribution in [0, 0.1) is 34.0 Å². The maximum atomic E-state index is 11.7. The van der Waals surface area contributed by atoms with Gasteiger partial charge in [-0.1, -0.05) is 11.6 Å². The molecule has 0 atom stereocenters. The molecule has 0 saturated heterocycles. The van der Waals surface area contributed by atoms with Crippen LogP contribution >= 0.6 is 23.5 Å². The van der Waals surface area contributed by atoms with Crippen molar-refractivity contribution in [3.63, 3.8) is 0 Å². The maximum Gasteiger partial charge on any atom is 0.463 e. The Hall–Kier alpha value is -1.69. The lowest BCUT2D eigenvalue weighted by Gasteiger charge is -1.99. The van der Waals surface area contributed by atoms with Gasteiger partial charge in [0.05, 0.1) is 11.9 Å². The van der Waals surface area contributed by atoms with Crippen LogP contribution in [0.4, 0.5) is 13.2 Å². The minimum atomic E-state index is -4.65. The summed E-state index contributed by atoms with van der Waals surface area (Å²) in [6, 6.07) is 3.97. The first-order chi connectivity index (χ1) is 7.35. The smallest absolute Gasteiger partial charge is 0.194 e. The molecule has 0 bridgehead atoms. The molecule has 0 N–H and O–H groups in total. The summed E-state index contributed by atoms with van der Waals surface area (Å²) in [6.45, 7) is 0. The molecule has 0 saturated carbocycles. The lowest BCUT2D eigenvalue weighted by molar-refractivity contribution is -0.0327. The van der Waals surface area contributed by atoms with Crippen molar-refractivity contribution in [1.29, 1.82) is 15.8 Å². The molecular formula is C7ClF3N4S. The second-order valence-electron chi connectivity index (χ2n) is 2.00. The monoisotopic (exact) mass is 264 g/mol. The number of hydrogen-bond donors (Lipinski definition) is 0. The summed E-state index contributed by atoms with van der Waals surface area (Å²) in [5.41, 5.74) is -6.04. The Morgan fingerprint density at radius 2 is 1.62 bits per heavy atom. The van der Waals surface area contributed by atoms with Crippen LogP contribution in [-0.4, -0.2) is 10.7 Å². The van der Waals surface area contributed by atoms with E-state index >= 15 is 0 Å². The third-order valence-corrected chi connectivity index (χ3v) is 1.88. The quantitative estimate of drug-likeness (QED) is 0.436. The first kappa shape index (κ1) is 14.3. The second-order valence-corrected chi connectivity index (χ2v) is 3.19. The SMILES string of the molecule is N#CC(C#N)=C(C#N)C(Cl)=NSC(F)(F)F. The fraction of sp³-hybridized carbons (Fsp3) is 0.143. The molecule has 0 aliphatic rings. The molecule has 4 nitrogen and oxygen atoms in total. The van der Waals surface area contributed by atoms with Crippen LogP contribution < -0.4 is 0 Å². The van der Waals surface area contributed by atoms with Gasteiger partial charge in [-0.25, -0.2) is 0 Å². The van der Waals surface area contributed by atoms with E-state index in [2.05, 4.69) is 4.40 Å². The standard InChI is InChI=1S/C7ClF3N4S/c8-6(15-16-7(9,10)11)5(3-14)4(1-12)2-13. The third-order valence-electron chi connectivity index (χ3n) is 1.02. The molecule has 0 aliphatic heterocycles. The molecule has 0 heterocycles. The summed E-state index contributed by atoms with van der Waals surface area (Å²) in [5, 5.41) is 24.4. The van der Waals surface area contributed by atoms with Crippen molar-refractivity contribution in [2.45, 2.75) is 5.51 Å². The highest BCUT2D eigenvalue weighted by Gasteiger charge is 2.29. The van der Waals surface area contributed by atoms with E-state index in [9.17, 15) is 13.2 Å². The average Bonchev–Trinajstić information content (AvgIpc) is 2.21. The Morgan fingerprint density at radius 3 is 1.94 bits per heavy atom. The van der Waals surface area contributed by atoms with Crippen molar-refractivity contribution in [3.8, 4) is 18.2 Å². The zero-order valence-corrected chi connectivity index (χ0v) is 8.78. The van der Waals surface area contributed by atoms with E-state index in [1.807, 2.05) is 0 Å². The summed E-state index contributed by atoms with van der Waals surface area (Å²) in [7, 11) is 0. The normalized spacial score (nSPS) is 10.9. The second kappa shape index (κ2) is 6.02. The molecule has 0 spiro atoms. The van der Waals surface area contributed by atoms with E-state index in [0.29, 0.717) is 0 Å². The topological polar surface area (TPSA) is 83.7 Å². The first-order valence-corrected chi connectivity index (χ1v) is 4.44. The Labute approximate surface area is 97.4 Å². The number of alkyl halides is 3. The van der Waals surface area contributed by atoms with Crippen LogP contribution in [0.15, 0.2) is 15.5 Å². The van der Waals surface area contributed by atoms with E-state index in [0.717, 1.165) is 0 Å². The molecule has 0 aromatic carbocycles. The zero-order chi connectivity index (χ0) is 12.8. The molecule has 82 valence electrons. The molecule has 9 heteroatoms. The minimum Gasteiger partial charge on any atom is -0.194 e. The van der Waals surface area contributed by atoms with Crippen LogP contribution in [-0.2, 0) is 0 Å².